The van der Waals surface area contributed by atoms with Gasteiger partial charge in [0.1, 0.15) is 12.4 Å². The van der Waals surface area contributed by atoms with Gasteiger partial charge in [-0.25, -0.2) is 4.79 Å². The van der Waals surface area contributed by atoms with Gasteiger partial charge in [0.25, 0.3) is 0 Å². The number of cyclic esters (lactones) is 1. The monoisotopic (exact) mass is 325 g/mol. The van der Waals surface area contributed by atoms with Crippen LogP contribution in [0.25, 0.3) is 0 Å². The Morgan fingerprint density at radius 1 is 1.17 bits per heavy atom. The van der Waals surface area contributed by atoms with Crippen LogP contribution in [0.5, 0.6) is 5.75 Å². The second-order valence-electron chi connectivity index (χ2n) is 5.56. The Bertz CT molecular complexity index is 729. The molecule has 1 saturated heterocycles. The molecule has 1 aliphatic heterocycles. The van der Waals surface area contributed by atoms with Gasteiger partial charge >= 0.3 is 6.09 Å². The van der Waals surface area contributed by atoms with Crippen LogP contribution in [0, 0.1) is 0 Å². The van der Waals surface area contributed by atoms with Crippen LogP contribution in [0.4, 0.5) is 4.79 Å². The summed E-state index contributed by atoms with van der Waals surface area (Å²) in [5.74, 6) is 0.472. The molecular weight excluding hydrogens is 306 g/mol. The maximum atomic E-state index is 12.8. The predicted molar refractivity (Wildman–Crippen MR) is 89.2 cm³/mol. The van der Waals surface area contributed by atoms with Crippen molar-refractivity contribution in [1.82, 2.24) is 4.90 Å². The molecule has 1 amide bonds. The van der Waals surface area contributed by atoms with Crippen molar-refractivity contribution in [1.29, 1.82) is 0 Å². The molecule has 1 heterocycles. The van der Waals surface area contributed by atoms with Gasteiger partial charge in [0, 0.05) is 6.42 Å². The molecule has 1 fully saturated rings. The second-order valence-corrected chi connectivity index (χ2v) is 5.56. The summed E-state index contributed by atoms with van der Waals surface area (Å²) < 4.78 is 10.3. The van der Waals surface area contributed by atoms with Crippen LogP contribution in [0.1, 0.15) is 28.4 Å². The Balaban J connectivity index is 1.89. The van der Waals surface area contributed by atoms with E-state index in [2.05, 4.69) is 0 Å². The average Bonchev–Trinajstić information content (AvgIpc) is 3.06. The van der Waals surface area contributed by atoms with Gasteiger partial charge in [0.15, 0.2) is 5.78 Å². The Labute approximate surface area is 140 Å². The highest BCUT2D eigenvalue weighted by Crippen LogP contribution is 2.30. The second kappa shape index (κ2) is 7.17. The molecule has 0 bridgehead atoms. The Hall–Kier alpha value is -2.82. The molecule has 5 nitrogen and oxygen atoms in total. The highest BCUT2D eigenvalue weighted by atomic mass is 16.6. The number of rotatable bonds is 6. The minimum absolute atomic E-state index is 0.0685. The lowest BCUT2D eigenvalue weighted by atomic mass is 9.96. The number of carbonyl (C=O) groups is 2. The minimum atomic E-state index is -0.378. The molecule has 3 rings (SSSR count). The summed E-state index contributed by atoms with van der Waals surface area (Å²) in [6, 6.07) is 16.3. The summed E-state index contributed by atoms with van der Waals surface area (Å²) in [6.07, 6.45) is -0.198. The summed E-state index contributed by atoms with van der Waals surface area (Å²) in [5.41, 5.74) is 1.44. The van der Waals surface area contributed by atoms with Crippen molar-refractivity contribution in [3.63, 3.8) is 0 Å². The van der Waals surface area contributed by atoms with Crippen molar-refractivity contribution in [3.8, 4) is 5.75 Å². The first-order valence-corrected chi connectivity index (χ1v) is 7.85. The average molecular weight is 325 g/mol. The maximum absolute atomic E-state index is 12.8. The zero-order chi connectivity index (χ0) is 16.9. The molecule has 1 aliphatic rings. The lowest BCUT2D eigenvalue weighted by Crippen LogP contribution is -2.31. The number of nitrogens with zero attached hydrogens (tertiary/aromatic N) is 1. The molecule has 5 heteroatoms. The van der Waals surface area contributed by atoms with E-state index in [0.29, 0.717) is 24.5 Å². The van der Waals surface area contributed by atoms with Gasteiger partial charge < -0.3 is 9.47 Å². The van der Waals surface area contributed by atoms with E-state index in [1.54, 1.807) is 30.2 Å². The van der Waals surface area contributed by atoms with E-state index < -0.39 is 0 Å². The van der Waals surface area contributed by atoms with E-state index in [1.165, 1.54) is 0 Å². The molecule has 0 radical (unpaired) electrons. The summed E-state index contributed by atoms with van der Waals surface area (Å²) in [6.45, 7) is 0.836. The number of para-hydroxylation sites is 1. The van der Waals surface area contributed by atoms with Crippen LogP contribution in [0.15, 0.2) is 54.6 Å². The molecule has 24 heavy (non-hydrogen) atoms. The van der Waals surface area contributed by atoms with E-state index in [1.807, 2.05) is 36.4 Å². The third kappa shape index (κ3) is 3.25. The Morgan fingerprint density at radius 2 is 1.88 bits per heavy atom. The fourth-order valence-corrected chi connectivity index (χ4v) is 2.93. The Kier molecular flexibility index (Phi) is 4.79. The van der Waals surface area contributed by atoms with Gasteiger partial charge in [-0.3, -0.25) is 9.69 Å². The van der Waals surface area contributed by atoms with Crippen molar-refractivity contribution in [2.24, 2.45) is 0 Å². The van der Waals surface area contributed by atoms with Crippen LogP contribution < -0.4 is 4.74 Å². The SMILES string of the molecule is COc1ccccc1C(=O)CC(c1ccccc1)N1CCOC1=O. The molecule has 0 saturated carbocycles. The zero-order valence-electron chi connectivity index (χ0n) is 13.5. The molecule has 0 spiro atoms. The molecule has 0 N–H and O–H groups in total. The van der Waals surface area contributed by atoms with E-state index in [0.717, 1.165) is 5.56 Å². The molecule has 1 unspecified atom stereocenters. The zero-order valence-corrected chi connectivity index (χ0v) is 13.5. The number of ketones is 1. The smallest absolute Gasteiger partial charge is 0.410 e. The van der Waals surface area contributed by atoms with Gasteiger partial charge in [-0.15, -0.1) is 0 Å². The normalized spacial score (nSPS) is 15.0. The lowest BCUT2D eigenvalue weighted by molar-refractivity contribution is 0.0934. The molecule has 2 aromatic rings. The van der Waals surface area contributed by atoms with Gasteiger partial charge in [-0.2, -0.15) is 0 Å². The van der Waals surface area contributed by atoms with Gasteiger partial charge in [-0.1, -0.05) is 42.5 Å². The van der Waals surface area contributed by atoms with Crippen molar-refractivity contribution < 1.29 is 19.1 Å². The minimum Gasteiger partial charge on any atom is -0.496 e. The molecule has 124 valence electrons. The van der Waals surface area contributed by atoms with Crippen molar-refractivity contribution in [3.05, 3.63) is 65.7 Å². The highest BCUT2D eigenvalue weighted by molar-refractivity contribution is 5.99. The number of benzene rings is 2. The number of carbonyl (C=O) groups excluding carboxylic acids is 2. The molecule has 0 aliphatic carbocycles. The van der Waals surface area contributed by atoms with Gasteiger partial charge in [0.2, 0.25) is 0 Å². The number of hydrogen-bond donors (Lipinski definition) is 0. The van der Waals surface area contributed by atoms with E-state index in [4.69, 9.17) is 9.47 Å². The summed E-state index contributed by atoms with van der Waals surface area (Å²) in [5, 5.41) is 0. The molecule has 0 aromatic heterocycles. The first kappa shape index (κ1) is 16.1. The van der Waals surface area contributed by atoms with E-state index >= 15 is 0 Å². The van der Waals surface area contributed by atoms with Gasteiger partial charge in [0.05, 0.1) is 25.3 Å². The van der Waals surface area contributed by atoms with Crippen molar-refractivity contribution >= 4 is 11.9 Å². The largest absolute Gasteiger partial charge is 0.496 e. The summed E-state index contributed by atoms with van der Waals surface area (Å²) in [7, 11) is 1.54. The fraction of sp³-hybridized carbons (Fsp3) is 0.263. The number of methoxy groups -OCH3 is 1. The van der Waals surface area contributed by atoms with Crippen LogP contribution >= 0.6 is 0 Å². The highest BCUT2D eigenvalue weighted by Gasteiger charge is 2.32. The van der Waals surface area contributed by atoms with Crippen molar-refractivity contribution in [2.75, 3.05) is 20.3 Å². The first-order valence-electron chi connectivity index (χ1n) is 7.85. The third-order valence-corrected chi connectivity index (χ3v) is 4.14. The van der Waals surface area contributed by atoms with E-state index in [-0.39, 0.29) is 24.3 Å². The number of ether oxygens (including phenoxy) is 2. The van der Waals surface area contributed by atoms with Crippen LogP contribution in [0.3, 0.4) is 0 Å². The fourth-order valence-electron chi connectivity index (χ4n) is 2.93. The van der Waals surface area contributed by atoms with Crippen molar-refractivity contribution in [2.45, 2.75) is 12.5 Å². The predicted octanol–water partition coefficient (Wildman–Crippen LogP) is 3.46. The van der Waals surface area contributed by atoms with Crippen LogP contribution in [0.2, 0.25) is 0 Å². The van der Waals surface area contributed by atoms with Crippen LogP contribution in [-0.2, 0) is 4.74 Å². The topological polar surface area (TPSA) is 55.8 Å². The standard InChI is InChI=1S/C19H19NO4/c1-23-18-10-6-5-9-15(18)17(21)13-16(14-7-3-2-4-8-14)20-11-12-24-19(20)22/h2-10,16H,11-13H2,1H3. The number of amides is 1. The maximum Gasteiger partial charge on any atom is 0.410 e. The molecular formula is C19H19NO4. The summed E-state index contributed by atoms with van der Waals surface area (Å²) in [4.78, 5) is 26.4. The first-order chi connectivity index (χ1) is 11.7. The molecule has 2 aromatic carbocycles. The Morgan fingerprint density at radius 3 is 2.54 bits per heavy atom. The molecule has 1 atom stereocenters. The van der Waals surface area contributed by atoms with Crippen LogP contribution in [-0.4, -0.2) is 37.0 Å². The summed E-state index contributed by atoms with van der Waals surface area (Å²) >= 11 is 0. The lowest BCUT2D eigenvalue weighted by Gasteiger charge is -2.25. The number of Topliss-reactive ketones (excluding diaryl/α,β-unsaturated/α-hetero) is 1. The van der Waals surface area contributed by atoms with E-state index in [9.17, 15) is 9.59 Å². The van der Waals surface area contributed by atoms with Gasteiger partial charge in [-0.05, 0) is 17.7 Å². The quantitative estimate of drug-likeness (QED) is 0.763. The number of hydrogen-bond acceptors (Lipinski definition) is 4. The third-order valence-electron chi connectivity index (χ3n) is 4.14.